The number of H-pyrrole nitrogens is 1. The molecule has 0 saturated carbocycles. The summed E-state index contributed by atoms with van der Waals surface area (Å²) < 4.78 is 0.744. The zero-order valence-corrected chi connectivity index (χ0v) is 11.4. The molecule has 0 spiro atoms. The van der Waals surface area contributed by atoms with Gasteiger partial charge in [0.15, 0.2) is 0 Å². The number of hydrogen-bond donors (Lipinski definition) is 2. The second-order valence-corrected chi connectivity index (χ2v) is 4.92. The molecule has 0 bridgehead atoms. The van der Waals surface area contributed by atoms with Gasteiger partial charge >= 0.3 is 0 Å². The Morgan fingerprint density at radius 2 is 2.00 bits per heavy atom. The Bertz CT molecular complexity index is 534. The van der Waals surface area contributed by atoms with Crippen molar-refractivity contribution in [3.05, 3.63) is 44.6 Å². The maximum absolute atomic E-state index is 11.8. The van der Waals surface area contributed by atoms with Crippen LogP contribution in [0.15, 0.2) is 29.0 Å². The molecule has 0 unspecified atom stereocenters. The lowest BCUT2D eigenvalue weighted by molar-refractivity contribution is 0.102. The van der Waals surface area contributed by atoms with Crippen LogP contribution < -0.4 is 5.32 Å². The van der Waals surface area contributed by atoms with Gasteiger partial charge in [0.2, 0.25) is 0 Å². The zero-order chi connectivity index (χ0) is 12.4. The highest BCUT2D eigenvalue weighted by Gasteiger charge is 2.13. The van der Waals surface area contributed by atoms with E-state index in [1.165, 1.54) is 12.4 Å². The zero-order valence-electron chi connectivity index (χ0n) is 8.30. The maximum Gasteiger partial charge on any atom is 0.258 e. The smallest absolute Gasteiger partial charge is 0.258 e. The molecule has 0 saturated heterocycles. The first kappa shape index (κ1) is 12.4. The van der Waals surface area contributed by atoms with Crippen molar-refractivity contribution in [2.45, 2.75) is 0 Å². The van der Waals surface area contributed by atoms with Gasteiger partial charge in [-0.1, -0.05) is 39.1 Å². The van der Waals surface area contributed by atoms with Crippen LogP contribution in [0.4, 0.5) is 5.69 Å². The number of carbonyl (C=O) groups is 1. The van der Waals surface area contributed by atoms with Crippen molar-refractivity contribution in [3.8, 4) is 0 Å². The van der Waals surface area contributed by atoms with Crippen LogP contribution in [0, 0.1) is 0 Å². The largest absolute Gasteiger partial charge is 0.319 e. The minimum atomic E-state index is -0.329. The Balaban J connectivity index is 2.28. The molecule has 1 aromatic carbocycles. The molecule has 1 heterocycles. The van der Waals surface area contributed by atoms with E-state index in [-0.39, 0.29) is 5.91 Å². The summed E-state index contributed by atoms with van der Waals surface area (Å²) in [5.41, 5.74) is 0.780. The summed E-state index contributed by atoms with van der Waals surface area (Å²) in [4.78, 5) is 11.8. The van der Waals surface area contributed by atoms with Crippen LogP contribution in [-0.2, 0) is 0 Å². The van der Waals surface area contributed by atoms with E-state index in [1.807, 2.05) is 0 Å². The molecule has 1 aromatic heterocycles. The van der Waals surface area contributed by atoms with Gasteiger partial charge in [-0.3, -0.25) is 9.89 Å². The first-order chi connectivity index (χ1) is 8.08. The molecule has 17 heavy (non-hydrogen) atoms. The van der Waals surface area contributed by atoms with Crippen LogP contribution in [0.25, 0.3) is 0 Å². The molecule has 7 heteroatoms. The number of aromatic amines is 1. The van der Waals surface area contributed by atoms with Crippen LogP contribution >= 0.6 is 39.1 Å². The predicted octanol–water partition coefficient (Wildman–Crippen LogP) is 3.73. The summed E-state index contributed by atoms with van der Waals surface area (Å²) in [6.07, 6.45) is 2.89. The fourth-order valence-corrected chi connectivity index (χ4v) is 2.53. The molecule has 0 aliphatic rings. The molecule has 0 atom stereocenters. The molecular formula is C10H6BrCl2N3O. The average Bonchev–Trinajstić information content (AvgIpc) is 2.76. The van der Waals surface area contributed by atoms with Crippen molar-refractivity contribution in [2.75, 3.05) is 5.32 Å². The summed E-state index contributed by atoms with van der Waals surface area (Å²) in [6, 6.07) is 3.30. The van der Waals surface area contributed by atoms with Gasteiger partial charge in [0.1, 0.15) is 0 Å². The van der Waals surface area contributed by atoms with Gasteiger partial charge in [0.05, 0.1) is 27.5 Å². The number of nitrogens with zero attached hydrogens (tertiary/aromatic N) is 1. The number of carbonyl (C=O) groups excluding carboxylic acids is 1. The van der Waals surface area contributed by atoms with Gasteiger partial charge in [-0.15, -0.1) is 0 Å². The third-order valence-electron chi connectivity index (χ3n) is 2.01. The lowest BCUT2D eigenvalue weighted by atomic mass is 10.3. The quantitative estimate of drug-likeness (QED) is 0.879. The van der Waals surface area contributed by atoms with Crippen molar-refractivity contribution in [2.24, 2.45) is 0 Å². The van der Waals surface area contributed by atoms with Crippen molar-refractivity contribution in [1.29, 1.82) is 0 Å². The van der Waals surface area contributed by atoms with Gasteiger partial charge in [0, 0.05) is 10.7 Å². The minimum Gasteiger partial charge on any atom is -0.319 e. The predicted molar refractivity (Wildman–Crippen MR) is 70.7 cm³/mol. The number of rotatable bonds is 2. The first-order valence-electron chi connectivity index (χ1n) is 4.52. The molecule has 1 amide bonds. The molecule has 0 aliphatic carbocycles. The van der Waals surface area contributed by atoms with E-state index in [9.17, 15) is 4.79 Å². The van der Waals surface area contributed by atoms with Crippen LogP contribution in [0.2, 0.25) is 10.0 Å². The second-order valence-electron chi connectivity index (χ2n) is 3.19. The standard InChI is InChI=1S/C10H6BrCl2N3O/c11-6-1-7(12)9(8(13)2-6)16-10(17)5-3-14-15-4-5/h1-4H,(H,14,15)(H,16,17). The second kappa shape index (κ2) is 5.08. The number of amides is 1. The fraction of sp³-hybridized carbons (Fsp3) is 0. The number of hydrogen-bond acceptors (Lipinski definition) is 2. The highest BCUT2D eigenvalue weighted by molar-refractivity contribution is 9.10. The topological polar surface area (TPSA) is 57.8 Å². The third-order valence-corrected chi connectivity index (χ3v) is 3.06. The molecule has 0 radical (unpaired) electrons. The van der Waals surface area contributed by atoms with E-state index in [1.54, 1.807) is 12.1 Å². The monoisotopic (exact) mass is 333 g/mol. The van der Waals surface area contributed by atoms with Crippen LogP contribution in [0.3, 0.4) is 0 Å². The maximum atomic E-state index is 11.8. The number of halogens is 3. The minimum absolute atomic E-state index is 0.329. The van der Waals surface area contributed by atoms with Gasteiger partial charge in [0.25, 0.3) is 5.91 Å². The first-order valence-corrected chi connectivity index (χ1v) is 6.07. The van der Waals surface area contributed by atoms with Crippen LogP contribution in [0.5, 0.6) is 0 Å². The van der Waals surface area contributed by atoms with Gasteiger partial charge in [-0.05, 0) is 12.1 Å². The fourth-order valence-electron chi connectivity index (χ4n) is 1.22. The van der Waals surface area contributed by atoms with Gasteiger partial charge in [-0.2, -0.15) is 5.10 Å². The van der Waals surface area contributed by atoms with Crippen molar-refractivity contribution < 1.29 is 4.79 Å². The van der Waals surface area contributed by atoms with E-state index in [4.69, 9.17) is 23.2 Å². The van der Waals surface area contributed by atoms with E-state index in [0.717, 1.165) is 4.47 Å². The van der Waals surface area contributed by atoms with E-state index >= 15 is 0 Å². The summed E-state index contributed by atoms with van der Waals surface area (Å²) >= 11 is 15.2. The number of aromatic nitrogens is 2. The van der Waals surface area contributed by atoms with Crippen molar-refractivity contribution in [3.63, 3.8) is 0 Å². The lowest BCUT2D eigenvalue weighted by Gasteiger charge is -2.08. The molecule has 88 valence electrons. The molecule has 0 fully saturated rings. The summed E-state index contributed by atoms with van der Waals surface area (Å²) in [5, 5.41) is 9.58. The number of anilines is 1. The van der Waals surface area contributed by atoms with Gasteiger partial charge in [-0.25, -0.2) is 0 Å². The average molecular weight is 335 g/mol. The van der Waals surface area contributed by atoms with Gasteiger partial charge < -0.3 is 5.32 Å². The van der Waals surface area contributed by atoms with Crippen molar-refractivity contribution >= 4 is 50.7 Å². The van der Waals surface area contributed by atoms with E-state index < -0.39 is 0 Å². The molecule has 2 N–H and O–H groups in total. The summed E-state index contributed by atoms with van der Waals surface area (Å²) in [7, 11) is 0. The normalized spacial score (nSPS) is 10.3. The Morgan fingerprint density at radius 1 is 1.35 bits per heavy atom. The summed E-state index contributed by atoms with van der Waals surface area (Å²) in [6.45, 7) is 0. The van der Waals surface area contributed by atoms with E-state index in [2.05, 4.69) is 31.4 Å². The number of nitrogens with one attached hydrogen (secondary N) is 2. The van der Waals surface area contributed by atoms with Crippen LogP contribution in [0.1, 0.15) is 10.4 Å². The van der Waals surface area contributed by atoms with E-state index in [0.29, 0.717) is 21.3 Å². The SMILES string of the molecule is O=C(Nc1c(Cl)cc(Br)cc1Cl)c1cn[nH]c1. The summed E-state index contributed by atoms with van der Waals surface area (Å²) in [5.74, 6) is -0.329. The Hall–Kier alpha value is -1.04. The number of benzene rings is 1. The van der Waals surface area contributed by atoms with Crippen LogP contribution in [-0.4, -0.2) is 16.1 Å². The lowest BCUT2D eigenvalue weighted by Crippen LogP contribution is -2.11. The highest BCUT2D eigenvalue weighted by Crippen LogP contribution is 2.33. The Labute approximate surface area is 115 Å². The van der Waals surface area contributed by atoms with Crippen molar-refractivity contribution in [1.82, 2.24) is 10.2 Å². The molecule has 2 rings (SSSR count). The Kier molecular flexibility index (Phi) is 3.71. The highest BCUT2D eigenvalue weighted by atomic mass is 79.9. The molecule has 0 aliphatic heterocycles. The Morgan fingerprint density at radius 3 is 2.53 bits per heavy atom. The third kappa shape index (κ3) is 2.80. The molecule has 4 nitrogen and oxygen atoms in total. The molecule has 2 aromatic rings. The molecular weight excluding hydrogens is 329 g/mol.